The minimum Gasteiger partial charge on any atom is -0.462 e. The minimum atomic E-state index is -0.624. The van der Waals surface area contributed by atoms with Gasteiger partial charge in [-0.05, 0) is 6.92 Å². The van der Waals surface area contributed by atoms with Crippen LogP contribution in [-0.4, -0.2) is 29.5 Å². The predicted molar refractivity (Wildman–Crippen MR) is 56.4 cm³/mol. The molecule has 86 valence electrons. The fraction of sp³-hybridized carbons (Fsp3) is 0.333. The van der Waals surface area contributed by atoms with E-state index in [1.807, 2.05) is 0 Å². The molecule has 1 aromatic heterocycles. The third-order valence-electron chi connectivity index (χ3n) is 1.81. The first kappa shape index (κ1) is 11.9. The zero-order chi connectivity index (χ0) is 12.1. The van der Waals surface area contributed by atoms with Crippen molar-refractivity contribution in [1.82, 2.24) is 4.98 Å². The van der Waals surface area contributed by atoms with Crippen LogP contribution in [0, 0.1) is 10.1 Å². The van der Waals surface area contributed by atoms with E-state index in [1.165, 1.54) is 13.2 Å². The van der Waals surface area contributed by atoms with Gasteiger partial charge in [-0.3, -0.25) is 10.1 Å². The van der Waals surface area contributed by atoms with Gasteiger partial charge in [-0.15, -0.1) is 0 Å². The normalized spacial score (nSPS) is 9.62. The third-order valence-corrected chi connectivity index (χ3v) is 1.81. The summed E-state index contributed by atoms with van der Waals surface area (Å²) in [6.45, 7) is 1.86. The highest BCUT2D eigenvalue weighted by Crippen LogP contribution is 2.22. The number of nitrogens with zero attached hydrogens (tertiary/aromatic N) is 2. The zero-order valence-electron chi connectivity index (χ0n) is 8.89. The standard InChI is InChI=1S/C9H11N3O4/c1-3-16-9(13)6-4-7(12(14)15)8(10-2)11-5-6/h4-5H,3H2,1-2H3,(H,10,11). The second kappa shape index (κ2) is 5.06. The number of carbonyl (C=O) groups is 1. The Morgan fingerprint density at radius 3 is 2.88 bits per heavy atom. The first-order valence-electron chi connectivity index (χ1n) is 4.59. The molecule has 0 spiro atoms. The molecule has 0 amide bonds. The Morgan fingerprint density at radius 2 is 2.38 bits per heavy atom. The summed E-state index contributed by atoms with van der Waals surface area (Å²) in [6, 6.07) is 1.14. The van der Waals surface area contributed by atoms with E-state index in [1.54, 1.807) is 6.92 Å². The minimum absolute atomic E-state index is 0.0625. The lowest BCUT2D eigenvalue weighted by atomic mass is 10.2. The van der Waals surface area contributed by atoms with Gasteiger partial charge >= 0.3 is 11.7 Å². The van der Waals surface area contributed by atoms with Crippen LogP contribution in [0.25, 0.3) is 0 Å². The Kier molecular flexibility index (Phi) is 3.76. The van der Waals surface area contributed by atoms with E-state index >= 15 is 0 Å². The topological polar surface area (TPSA) is 94.4 Å². The van der Waals surface area contributed by atoms with E-state index in [2.05, 4.69) is 10.3 Å². The summed E-state index contributed by atoms with van der Waals surface area (Å²) < 4.78 is 4.71. The molecule has 1 heterocycles. The fourth-order valence-electron chi connectivity index (χ4n) is 1.11. The van der Waals surface area contributed by atoms with Gasteiger partial charge in [-0.25, -0.2) is 9.78 Å². The molecule has 7 nitrogen and oxygen atoms in total. The maximum atomic E-state index is 11.3. The van der Waals surface area contributed by atoms with Crippen LogP contribution in [0.4, 0.5) is 11.5 Å². The van der Waals surface area contributed by atoms with Crippen LogP contribution in [-0.2, 0) is 4.74 Å². The number of carbonyl (C=O) groups excluding carboxylic acids is 1. The van der Waals surface area contributed by atoms with Gasteiger partial charge in [0.1, 0.15) is 0 Å². The summed E-state index contributed by atoms with van der Waals surface area (Å²) >= 11 is 0. The van der Waals surface area contributed by atoms with Crippen molar-refractivity contribution >= 4 is 17.5 Å². The number of esters is 1. The van der Waals surface area contributed by atoms with E-state index < -0.39 is 10.9 Å². The van der Waals surface area contributed by atoms with Gasteiger partial charge in [0.05, 0.1) is 17.1 Å². The Morgan fingerprint density at radius 1 is 1.69 bits per heavy atom. The largest absolute Gasteiger partial charge is 0.462 e. The third kappa shape index (κ3) is 2.44. The Labute approximate surface area is 91.6 Å². The Bertz CT molecular complexity index is 419. The van der Waals surface area contributed by atoms with Crippen LogP contribution in [0.2, 0.25) is 0 Å². The molecular weight excluding hydrogens is 214 g/mol. The van der Waals surface area contributed by atoms with Gasteiger partial charge in [-0.2, -0.15) is 0 Å². The summed E-state index contributed by atoms with van der Waals surface area (Å²) in [6.07, 6.45) is 1.23. The Hall–Kier alpha value is -2.18. The number of ether oxygens (including phenoxy) is 1. The lowest BCUT2D eigenvalue weighted by molar-refractivity contribution is -0.384. The van der Waals surface area contributed by atoms with Gasteiger partial charge in [0.25, 0.3) is 0 Å². The van der Waals surface area contributed by atoms with E-state index in [0.717, 1.165) is 6.07 Å². The van der Waals surface area contributed by atoms with E-state index in [4.69, 9.17) is 4.74 Å². The van der Waals surface area contributed by atoms with Crippen molar-refractivity contribution in [2.45, 2.75) is 6.92 Å². The van der Waals surface area contributed by atoms with Gasteiger partial charge in [-0.1, -0.05) is 0 Å². The van der Waals surface area contributed by atoms with Crippen molar-refractivity contribution in [2.24, 2.45) is 0 Å². The van der Waals surface area contributed by atoms with Crippen molar-refractivity contribution in [2.75, 3.05) is 19.0 Å². The molecule has 0 atom stereocenters. The molecule has 0 saturated carbocycles. The lowest BCUT2D eigenvalue weighted by Crippen LogP contribution is -2.07. The number of nitrogens with one attached hydrogen (secondary N) is 1. The molecule has 16 heavy (non-hydrogen) atoms. The summed E-state index contributed by atoms with van der Waals surface area (Å²) in [7, 11) is 1.51. The zero-order valence-corrected chi connectivity index (χ0v) is 8.89. The molecule has 7 heteroatoms. The van der Waals surface area contributed by atoms with Gasteiger partial charge in [0.15, 0.2) is 0 Å². The molecule has 0 bridgehead atoms. The molecule has 1 rings (SSSR count). The monoisotopic (exact) mass is 225 g/mol. The second-order valence-corrected chi connectivity index (χ2v) is 2.82. The molecule has 0 aliphatic carbocycles. The SMILES string of the molecule is CCOC(=O)c1cnc(NC)c([N+](=O)[O-])c1. The van der Waals surface area contributed by atoms with Crippen LogP contribution in [0.15, 0.2) is 12.3 Å². The van der Waals surface area contributed by atoms with Gasteiger partial charge in [0.2, 0.25) is 5.82 Å². The molecular formula is C9H11N3O4. The highest BCUT2D eigenvalue weighted by Gasteiger charge is 2.18. The highest BCUT2D eigenvalue weighted by molar-refractivity contribution is 5.90. The van der Waals surface area contributed by atoms with Crippen molar-refractivity contribution in [1.29, 1.82) is 0 Å². The van der Waals surface area contributed by atoms with E-state index in [0.29, 0.717) is 0 Å². The highest BCUT2D eigenvalue weighted by atomic mass is 16.6. The van der Waals surface area contributed by atoms with Crippen molar-refractivity contribution < 1.29 is 14.5 Å². The van der Waals surface area contributed by atoms with Crippen LogP contribution < -0.4 is 5.32 Å². The Balaban J connectivity index is 3.11. The van der Waals surface area contributed by atoms with Crippen LogP contribution in [0.1, 0.15) is 17.3 Å². The maximum Gasteiger partial charge on any atom is 0.339 e. The van der Waals surface area contributed by atoms with Gasteiger partial charge < -0.3 is 10.1 Å². The van der Waals surface area contributed by atoms with Crippen molar-refractivity contribution in [3.63, 3.8) is 0 Å². The number of rotatable bonds is 4. The molecule has 0 radical (unpaired) electrons. The molecule has 0 aliphatic rings. The van der Waals surface area contributed by atoms with E-state index in [-0.39, 0.29) is 23.7 Å². The molecule has 0 saturated heterocycles. The number of nitro groups is 1. The molecule has 0 unspecified atom stereocenters. The number of hydrogen-bond acceptors (Lipinski definition) is 6. The number of aromatic nitrogens is 1. The molecule has 1 N–H and O–H groups in total. The summed E-state index contributed by atoms with van der Waals surface area (Å²) in [5.41, 5.74) is -0.194. The molecule has 0 aliphatic heterocycles. The molecule has 1 aromatic rings. The summed E-state index contributed by atoms with van der Waals surface area (Å²) in [5.74, 6) is -0.515. The molecule has 0 aromatic carbocycles. The van der Waals surface area contributed by atoms with Crippen LogP contribution >= 0.6 is 0 Å². The second-order valence-electron chi connectivity index (χ2n) is 2.82. The quantitative estimate of drug-likeness (QED) is 0.470. The first-order chi connectivity index (χ1) is 7.60. The predicted octanol–water partition coefficient (Wildman–Crippen LogP) is 1.21. The number of pyridine rings is 1. The summed E-state index contributed by atoms with van der Waals surface area (Å²) in [4.78, 5) is 25.2. The van der Waals surface area contributed by atoms with Crippen molar-refractivity contribution in [3.05, 3.63) is 27.9 Å². The maximum absolute atomic E-state index is 11.3. The average molecular weight is 225 g/mol. The van der Waals surface area contributed by atoms with Crippen LogP contribution in [0.5, 0.6) is 0 Å². The first-order valence-corrected chi connectivity index (χ1v) is 4.59. The number of hydrogen-bond donors (Lipinski definition) is 1. The number of anilines is 1. The molecule has 0 fully saturated rings. The average Bonchev–Trinajstić information content (AvgIpc) is 2.28. The smallest absolute Gasteiger partial charge is 0.339 e. The van der Waals surface area contributed by atoms with E-state index in [9.17, 15) is 14.9 Å². The lowest BCUT2D eigenvalue weighted by Gasteiger charge is -2.03. The van der Waals surface area contributed by atoms with Gasteiger partial charge in [0, 0.05) is 19.3 Å². The van der Waals surface area contributed by atoms with Crippen molar-refractivity contribution in [3.8, 4) is 0 Å². The van der Waals surface area contributed by atoms with Crippen LogP contribution in [0.3, 0.4) is 0 Å². The summed E-state index contributed by atoms with van der Waals surface area (Å²) in [5, 5.41) is 13.3. The fourth-order valence-corrected chi connectivity index (χ4v) is 1.11.